The van der Waals surface area contributed by atoms with Crippen molar-refractivity contribution in [1.29, 1.82) is 0 Å². The van der Waals surface area contributed by atoms with Crippen LogP contribution in [0.1, 0.15) is 10.4 Å². The van der Waals surface area contributed by atoms with E-state index in [2.05, 4.69) is 15.4 Å². The first-order valence-electron chi connectivity index (χ1n) is 8.40. The van der Waals surface area contributed by atoms with Gasteiger partial charge in [0.1, 0.15) is 0 Å². The minimum absolute atomic E-state index is 0.0371. The molecular weight excluding hydrogens is 356 g/mol. The maximum Gasteiger partial charge on any atom is 0.254 e. The highest BCUT2D eigenvalue weighted by Crippen LogP contribution is 2.27. The number of carbonyl (C=O) groups excluding carboxylic acids is 1. The third-order valence-electron chi connectivity index (χ3n) is 5.11. The highest BCUT2D eigenvalue weighted by molar-refractivity contribution is 7.91. The summed E-state index contributed by atoms with van der Waals surface area (Å²) < 4.78 is 24.1. The largest absolute Gasteiger partial charge is 0.332 e. The average Bonchev–Trinajstić information content (AvgIpc) is 3.18. The van der Waals surface area contributed by atoms with Crippen molar-refractivity contribution in [3.05, 3.63) is 29.8 Å². The molecule has 2 saturated heterocycles. The molecule has 4 rings (SSSR count). The first-order valence-corrected chi connectivity index (χ1v) is 10.2. The minimum atomic E-state index is -3.11. The van der Waals surface area contributed by atoms with Crippen molar-refractivity contribution in [2.24, 2.45) is 7.05 Å². The van der Waals surface area contributed by atoms with Crippen LogP contribution < -0.4 is 0 Å². The van der Waals surface area contributed by atoms with E-state index < -0.39 is 9.84 Å². The Kier molecular flexibility index (Phi) is 4.03. The molecule has 0 radical (unpaired) electrons. The standard InChI is InChI=1S/C16H20N6O3S/c1-20-7-8-22(14-10-26(24,25)9-13(14)20)16(23)12-5-3-11(4-6-12)15-17-19-21(2)18-15/h3-6,13-14H,7-10H2,1-2H3/t13-,14+/m0/s1. The molecule has 0 saturated carbocycles. The Morgan fingerprint density at radius 2 is 1.77 bits per heavy atom. The van der Waals surface area contributed by atoms with Gasteiger partial charge in [0.05, 0.1) is 24.6 Å². The Morgan fingerprint density at radius 1 is 1.08 bits per heavy atom. The van der Waals surface area contributed by atoms with E-state index in [9.17, 15) is 13.2 Å². The summed E-state index contributed by atoms with van der Waals surface area (Å²) in [5, 5.41) is 11.9. The molecule has 138 valence electrons. The van der Waals surface area contributed by atoms with Gasteiger partial charge in [-0.2, -0.15) is 4.80 Å². The van der Waals surface area contributed by atoms with Crippen LogP contribution in [0.25, 0.3) is 11.4 Å². The van der Waals surface area contributed by atoms with Crippen LogP contribution in [-0.2, 0) is 16.9 Å². The summed E-state index contributed by atoms with van der Waals surface area (Å²) in [6.07, 6.45) is 0. The van der Waals surface area contributed by atoms with Crippen LogP contribution in [0.3, 0.4) is 0 Å². The van der Waals surface area contributed by atoms with Crippen molar-refractivity contribution in [3.8, 4) is 11.4 Å². The zero-order chi connectivity index (χ0) is 18.5. The van der Waals surface area contributed by atoms with Gasteiger partial charge >= 0.3 is 0 Å². The van der Waals surface area contributed by atoms with Crippen LogP contribution >= 0.6 is 0 Å². The average molecular weight is 376 g/mol. The molecule has 3 heterocycles. The SMILES string of the molecule is CN1CCN(C(=O)c2ccc(-c3nnn(C)n3)cc2)[C@@H]2CS(=O)(=O)C[C@@H]21. The van der Waals surface area contributed by atoms with Crippen molar-refractivity contribution in [2.75, 3.05) is 31.6 Å². The molecule has 1 aromatic carbocycles. The molecule has 2 aromatic rings. The van der Waals surface area contributed by atoms with E-state index >= 15 is 0 Å². The minimum Gasteiger partial charge on any atom is -0.332 e. The Labute approximate surface area is 151 Å². The monoisotopic (exact) mass is 376 g/mol. The van der Waals surface area contributed by atoms with Crippen LogP contribution in [0.15, 0.2) is 24.3 Å². The van der Waals surface area contributed by atoms with E-state index in [0.29, 0.717) is 24.5 Å². The van der Waals surface area contributed by atoms with Gasteiger partial charge < -0.3 is 4.90 Å². The lowest BCUT2D eigenvalue weighted by atomic mass is 10.0. The Hall–Kier alpha value is -2.33. The number of aromatic nitrogens is 4. The highest BCUT2D eigenvalue weighted by Gasteiger charge is 2.47. The van der Waals surface area contributed by atoms with Crippen LogP contribution in [0.4, 0.5) is 0 Å². The quantitative estimate of drug-likeness (QED) is 0.692. The number of aryl methyl sites for hydroxylation is 1. The van der Waals surface area contributed by atoms with E-state index in [1.807, 2.05) is 11.9 Å². The van der Waals surface area contributed by atoms with Gasteiger partial charge in [0, 0.05) is 30.3 Å². The van der Waals surface area contributed by atoms with E-state index in [1.54, 1.807) is 36.2 Å². The smallest absolute Gasteiger partial charge is 0.254 e. The number of benzene rings is 1. The van der Waals surface area contributed by atoms with Gasteiger partial charge in [-0.05, 0) is 24.4 Å². The fourth-order valence-corrected chi connectivity index (χ4v) is 5.76. The normalized spacial score (nSPS) is 25.2. The molecule has 0 bridgehead atoms. The summed E-state index contributed by atoms with van der Waals surface area (Å²) in [4.78, 5) is 18.1. The Balaban J connectivity index is 1.57. The van der Waals surface area contributed by atoms with E-state index in [1.165, 1.54) is 4.80 Å². The lowest BCUT2D eigenvalue weighted by molar-refractivity contribution is 0.0410. The second kappa shape index (κ2) is 6.13. The number of tetrazole rings is 1. The number of carbonyl (C=O) groups is 1. The molecule has 0 aliphatic carbocycles. The van der Waals surface area contributed by atoms with Gasteiger partial charge in [-0.3, -0.25) is 9.69 Å². The van der Waals surface area contributed by atoms with Gasteiger partial charge in [0.25, 0.3) is 5.91 Å². The fourth-order valence-electron chi connectivity index (χ4n) is 3.71. The number of amides is 1. The van der Waals surface area contributed by atoms with Gasteiger partial charge in [-0.1, -0.05) is 12.1 Å². The fraction of sp³-hybridized carbons (Fsp3) is 0.500. The van der Waals surface area contributed by atoms with Crippen LogP contribution in [0, 0.1) is 0 Å². The number of likely N-dealkylation sites (N-methyl/N-ethyl adjacent to an activating group) is 1. The lowest BCUT2D eigenvalue weighted by Crippen LogP contribution is -2.59. The number of fused-ring (bicyclic) bond motifs is 1. The van der Waals surface area contributed by atoms with Crippen molar-refractivity contribution in [3.63, 3.8) is 0 Å². The maximum absolute atomic E-state index is 13.0. The third-order valence-corrected chi connectivity index (χ3v) is 6.81. The number of hydrogen-bond acceptors (Lipinski definition) is 7. The van der Waals surface area contributed by atoms with Gasteiger partial charge in [0.15, 0.2) is 9.84 Å². The summed E-state index contributed by atoms with van der Waals surface area (Å²) in [6, 6.07) is 6.61. The van der Waals surface area contributed by atoms with E-state index in [-0.39, 0.29) is 29.5 Å². The van der Waals surface area contributed by atoms with Crippen LogP contribution in [0.5, 0.6) is 0 Å². The van der Waals surface area contributed by atoms with Gasteiger partial charge in [-0.25, -0.2) is 8.42 Å². The first-order chi connectivity index (χ1) is 12.3. The maximum atomic E-state index is 13.0. The van der Waals surface area contributed by atoms with Crippen LogP contribution in [0.2, 0.25) is 0 Å². The van der Waals surface area contributed by atoms with Crippen molar-refractivity contribution < 1.29 is 13.2 Å². The Bertz CT molecular complexity index is 939. The molecule has 2 fully saturated rings. The molecule has 26 heavy (non-hydrogen) atoms. The summed E-state index contributed by atoms with van der Waals surface area (Å²) in [6.45, 7) is 1.20. The number of hydrogen-bond donors (Lipinski definition) is 0. The van der Waals surface area contributed by atoms with Crippen molar-refractivity contribution >= 4 is 15.7 Å². The second-order valence-electron chi connectivity index (χ2n) is 6.87. The Morgan fingerprint density at radius 3 is 2.42 bits per heavy atom. The summed E-state index contributed by atoms with van der Waals surface area (Å²) in [5.74, 6) is 0.516. The topological polar surface area (TPSA) is 101 Å². The zero-order valence-corrected chi connectivity index (χ0v) is 15.4. The molecule has 9 nitrogen and oxygen atoms in total. The van der Waals surface area contributed by atoms with Crippen LogP contribution in [-0.4, -0.2) is 88.1 Å². The molecule has 1 aromatic heterocycles. The second-order valence-corrected chi connectivity index (χ2v) is 9.02. The molecule has 1 amide bonds. The van der Waals surface area contributed by atoms with E-state index in [0.717, 1.165) is 5.56 Å². The predicted molar refractivity (Wildman–Crippen MR) is 94.1 cm³/mol. The third kappa shape index (κ3) is 2.99. The van der Waals surface area contributed by atoms with Gasteiger partial charge in [0.2, 0.25) is 5.82 Å². The molecule has 0 spiro atoms. The molecule has 0 unspecified atom stereocenters. The van der Waals surface area contributed by atoms with Crippen molar-refractivity contribution in [2.45, 2.75) is 12.1 Å². The summed E-state index contributed by atoms with van der Waals surface area (Å²) >= 11 is 0. The molecule has 10 heteroatoms. The lowest BCUT2D eigenvalue weighted by Gasteiger charge is -2.42. The van der Waals surface area contributed by atoms with Crippen molar-refractivity contribution in [1.82, 2.24) is 30.0 Å². The number of nitrogens with zero attached hydrogens (tertiary/aromatic N) is 6. The predicted octanol–water partition coefficient (Wildman–Crippen LogP) is -0.570. The summed E-state index contributed by atoms with van der Waals surface area (Å²) in [5.41, 5.74) is 1.31. The molecular formula is C16H20N6O3S. The molecule has 0 N–H and O–H groups in total. The van der Waals surface area contributed by atoms with Gasteiger partial charge in [-0.15, -0.1) is 10.2 Å². The number of rotatable bonds is 2. The number of sulfone groups is 1. The van der Waals surface area contributed by atoms with E-state index in [4.69, 9.17) is 0 Å². The zero-order valence-electron chi connectivity index (χ0n) is 14.6. The molecule has 2 aliphatic rings. The molecule has 2 atom stereocenters. The first kappa shape index (κ1) is 17.1. The summed E-state index contributed by atoms with van der Waals surface area (Å²) in [7, 11) is 0.496. The highest BCUT2D eigenvalue weighted by atomic mass is 32.2. The molecule has 2 aliphatic heterocycles. The number of piperazine rings is 1.